The Morgan fingerprint density at radius 3 is 2.72 bits per heavy atom. The molecule has 1 saturated heterocycles. The third-order valence-corrected chi connectivity index (χ3v) is 5.25. The van der Waals surface area contributed by atoms with Crippen molar-refractivity contribution < 1.29 is 4.79 Å². The number of carbonyl (C=O) groups excluding carboxylic acids is 1. The molecule has 1 aliphatic rings. The summed E-state index contributed by atoms with van der Waals surface area (Å²) in [6.07, 6.45) is 6.35. The van der Waals surface area contributed by atoms with Gasteiger partial charge in [-0.3, -0.25) is 14.2 Å². The number of piperidine rings is 1. The molecule has 3 aromatic rings. The van der Waals surface area contributed by atoms with Crippen molar-refractivity contribution in [1.29, 1.82) is 0 Å². The Bertz CT molecular complexity index is 1100. The highest BCUT2D eigenvalue weighted by atomic mass is 16.2. The topological polar surface area (TPSA) is 93.0 Å². The van der Waals surface area contributed by atoms with Crippen molar-refractivity contribution in [1.82, 2.24) is 19.5 Å². The van der Waals surface area contributed by atoms with Crippen LogP contribution in [0, 0.1) is 6.92 Å². The van der Waals surface area contributed by atoms with Crippen molar-refractivity contribution in [2.24, 2.45) is 0 Å². The molecule has 1 aliphatic heterocycles. The van der Waals surface area contributed by atoms with Gasteiger partial charge in [0.1, 0.15) is 17.8 Å². The first-order valence-electron chi connectivity index (χ1n) is 9.89. The van der Waals surface area contributed by atoms with Crippen LogP contribution >= 0.6 is 0 Å². The van der Waals surface area contributed by atoms with Crippen molar-refractivity contribution >= 4 is 28.6 Å². The van der Waals surface area contributed by atoms with E-state index in [0.29, 0.717) is 22.7 Å². The Morgan fingerprint density at radius 1 is 1.17 bits per heavy atom. The van der Waals surface area contributed by atoms with E-state index >= 15 is 0 Å². The monoisotopic (exact) mass is 392 g/mol. The minimum atomic E-state index is -0.721. The summed E-state index contributed by atoms with van der Waals surface area (Å²) in [6.45, 7) is 5.45. The summed E-state index contributed by atoms with van der Waals surface area (Å²) >= 11 is 0. The van der Waals surface area contributed by atoms with Crippen LogP contribution < -0.4 is 15.8 Å². The molecule has 0 radical (unpaired) electrons. The lowest BCUT2D eigenvalue weighted by Gasteiger charge is -2.26. The van der Waals surface area contributed by atoms with E-state index in [2.05, 4.69) is 25.2 Å². The molecule has 0 spiro atoms. The molecule has 3 heterocycles. The number of hydrogen-bond donors (Lipinski definition) is 1. The Morgan fingerprint density at radius 2 is 1.97 bits per heavy atom. The maximum atomic E-state index is 12.9. The second-order valence-corrected chi connectivity index (χ2v) is 7.45. The lowest BCUT2D eigenvalue weighted by molar-refractivity contribution is -0.118. The standard InChI is InChI=1S/C21H24N6O2/c1-14-7-6-8-16(11-14)24-19(28)15(2)27-13-23-18-17(20(27)29)12-22-21(25-18)26-9-4-3-5-10-26/h6-8,11-13,15H,3-5,9-10H2,1-2H3,(H,24,28). The predicted molar refractivity (Wildman–Crippen MR) is 112 cm³/mol. The van der Waals surface area contributed by atoms with Gasteiger partial charge in [-0.15, -0.1) is 0 Å². The largest absolute Gasteiger partial charge is 0.341 e. The van der Waals surface area contributed by atoms with Crippen molar-refractivity contribution in [3.63, 3.8) is 0 Å². The minimum Gasteiger partial charge on any atom is -0.341 e. The molecule has 2 aromatic heterocycles. The summed E-state index contributed by atoms with van der Waals surface area (Å²) in [5.74, 6) is 0.316. The normalized spacial score (nSPS) is 15.3. The van der Waals surface area contributed by atoms with E-state index in [9.17, 15) is 9.59 Å². The summed E-state index contributed by atoms with van der Waals surface area (Å²) in [5, 5.41) is 3.15. The molecule has 8 heteroatoms. The lowest BCUT2D eigenvalue weighted by atomic mass is 10.1. The van der Waals surface area contributed by atoms with E-state index in [1.807, 2.05) is 31.2 Å². The predicted octanol–water partition coefficient (Wildman–Crippen LogP) is 2.68. The zero-order valence-electron chi connectivity index (χ0n) is 16.6. The van der Waals surface area contributed by atoms with Crippen molar-refractivity contribution in [3.05, 3.63) is 52.7 Å². The maximum absolute atomic E-state index is 12.9. The van der Waals surface area contributed by atoms with Gasteiger partial charge in [-0.2, -0.15) is 4.98 Å². The highest BCUT2D eigenvalue weighted by Gasteiger charge is 2.20. The fourth-order valence-electron chi connectivity index (χ4n) is 3.54. The Kier molecular flexibility index (Phi) is 5.24. The lowest BCUT2D eigenvalue weighted by Crippen LogP contribution is -2.33. The smallest absolute Gasteiger partial charge is 0.265 e. The maximum Gasteiger partial charge on any atom is 0.265 e. The number of carbonyl (C=O) groups is 1. The molecule has 8 nitrogen and oxygen atoms in total. The summed E-state index contributed by atoms with van der Waals surface area (Å²) in [6, 6.07) is 6.80. The number of aromatic nitrogens is 4. The average Bonchev–Trinajstić information content (AvgIpc) is 2.74. The molecule has 1 N–H and O–H groups in total. The van der Waals surface area contributed by atoms with E-state index in [0.717, 1.165) is 31.5 Å². The molecule has 1 atom stereocenters. The van der Waals surface area contributed by atoms with Gasteiger partial charge in [-0.1, -0.05) is 12.1 Å². The summed E-state index contributed by atoms with van der Waals surface area (Å²) in [5.41, 5.74) is 1.76. The molecular weight excluding hydrogens is 368 g/mol. The van der Waals surface area contributed by atoms with Gasteiger partial charge in [0.25, 0.3) is 5.56 Å². The van der Waals surface area contributed by atoms with Crippen LogP contribution in [-0.2, 0) is 4.79 Å². The van der Waals surface area contributed by atoms with Crippen LogP contribution in [0.2, 0.25) is 0 Å². The molecule has 4 rings (SSSR count). The number of benzene rings is 1. The van der Waals surface area contributed by atoms with Gasteiger partial charge in [0.05, 0.1) is 0 Å². The second-order valence-electron chi connectivity index (χ2n) is 7.45. The number of hydrogen-bond acceptors (Lipinski definition) is 6. The quantitative estimate of drug-likeness (QED) is 0.734. The average molecular weight is 392 g/mol. The summed E-state index contributed by atoms with van der Waals surface area (Å²) in [7, 11) is 0. The number of nitrogens with one attached hydrogen (secondary N) is 1. The van der Waals surface area contributed by atoms with Gasteiger partial charge >= 0.3 is 0 Å². The first-order chi connectivity index (χ1) is 14.0. The SMILES string of the molecule is Cc1cccc(NC(=O)C(C)n2cnc3nc(N4CCCCC4)ncc3c2=O)c1. The molecule has 0 saturated carbocycles. The van der Waals surface area contributed by atoms with Gasteiger partial charge in [0, 0.05) is 25.0 Å². The zero-order valence-corrected chi connectivity index (χ0v) is 16.6. The highest BCUT2D eigenvalue weighted by molar-refractivity contribution is 5.93. The van der Waals surface area contributed by atoms with E-state index < -0.39 is 6.04 Å². The summed E-state index contributed by atoms with van der Waals surface area (Å²) < 4.78 is 1.32. The number of amides is 1. The number of aryl methyl sites for hydroxylation is 1. The molecule has 1 aromatic carbocycles. The molecule has 1 fully saturated rings. The van der Waals surface area contributed by atoms with Gasteiger partial charge in [0.2, 0.25) is 11.9 Å². The zero-order chi connectivity index (χ0) is 20.4. The van der Waals surface area contributed by atoms with E-state index in [-0.39, 0.29) is 11.5 Å². The third kappa shape index (κ3) is 3.96. The molecular formula is C21H24N6O2. The van der Waals surface area contributed by atoms with Gasteiger partial charge in [-0.25, -0.2) is 9.97 Å². The van der Waals surface area contributed by atoms with E-state index in [1.165, 1.54) is 23.5 Å². The van der Waals surface area contributed by atoms with Crippen LogP contribution in [-0.4, -0.2) is 38.5 Å². The van der Waals surface area contributed by atoms with Crippen LogP contribution in [0.25, 0.3) is 11.0 Å². The molecule has 1 amide bonds. The first-order valence-corrected chi connectivity index (χ1v) is 9.89. The van der Waals surface area contributed by atoms with Crippen LogP contribution in [0.1, 0.15) is 37.8 Å². The molecule has 29 heavy (non-hydrogen) atoms. The van der Waals surface area contributed by atoms with Crippen molar-refractivity contribution in [2.45, 2.75) is 39.2 Å². The fourth-order valence-corrected chi connectivity index (χ4v) is 3.54. The third-order valence-electron chi connectivity index (χ3n) is 5.25. The fraction of sp³-hybridized carbons (Fsp3) is 0.381. The van der Waals surface area contributed by atoms with Gasteiger partial charge < -0.3 is 10.2 Å². The van der Waals surface area contributed by atoms with Gasteiger partial charge in [0.15, 0.2) is 5.65 Å². The second kappa shape index (κ2) is 7.98. The number of fused-ring (bicyclic) bond motifs is 1. The van der Waals surface area contributed by atoms with Crippen LogP contribution in [0.15, 0.2) is 41.6 Å². The number of rotatable bonds is 4. The molecule has 150 valence electrons. The Hall–Kier alpha value is -3.29. The first kappa shape index (κ1) is 19.0. The van der Waals surface area contributed by atoms with E-state index in [1.54, 1.807) is 6.92 Å². The molecule has 0 aliphatic carbocycles. The van der Waals surface area contributed by atoms with Crippen molar-refractivity contribution in [2.75, 3.05) is 23.3 Å². The van der Waals surface area contributed by atoms with Gasteiger partial charge in [-0.05, 0) is 50.8 Å². The summed E-state index contributed by atoms with van der Waals surface area (Å²) in [4.78, 5) is 40.8. The number of anilines is 2. The Labute approximate surface area is 168 Å². The van der Waals surface area contributed by atoms with E-state index in [4.69, 9.17) is 0 Å². The van der Waals surface area contributed by atoms with Crippen LogP contribution in [0.3, 0.4) is 0 Å². The number of nitrogens with zero attached hydrogens (tertiary/aromatic N) is 5. The highest BCUT2D eigenvalue weighted by Crippen LogP contribution is 2.17. The molecule has 0 bridgehead atoms. The Balaban J connectivity index is 1.59. The molecule has 1 unspecified atom stereocenters. The van der Waals surface area contributed by atoms with Crippen LogP contribution in [0.4, 0.5) is 11.6 Å². The van der Waals surface area contributed by atoms with Crippen LogP contribution in [0.5, 0.6) is 0 Å². The minimum absolute atomic E-state index is 0.287. The van der Waals surface area contributed by atoms with Crippen molar-refractivity contribution in [3.8, 4) is 0 Å².